The smallest absolute Gasteiger partial charge is 0.334 e. The summed E-state index contributed by atoms with van der Waals surface area (Å²) in [5.74, 6) is -1.03. The Morgan fingerprint density at radius 1 is 1.44 bits per heavy atom. The van der Waals surface area contributed by atoms with Crippen LogP contribution < -0.4 is 0 Å². The van der Waals surface area contributed by atoms with Crippen LogP contribution in [-0.4, -0.2) is 29.4 Å². The summed E-state index contributed by atoms with van der Waals surface area (Å²) in [6, 6.07) is 6.65. The lowest BCUT2D eigenvalue weighted by Gasteiger charge is -2.36. The second-order valence-electron chi connectivity index (χ2n) is 4.57. The number of carbonyl (C=O) groups excluding carboxylic acids is 1. The number of hydrogen-bond donors (Lipinski definition) is 1. The maximum Gasteiger partial charge on any atom is 0.334 e. The highest BCUT2D eigenvalue weighted by Crippen LogP contribution is 2.49. The fourth-order valence-electron chi connectivity index (χ4n) is 2.46. The number of carboxylic acid groups (broad SMARTS) is 1. The van der Waals surface area contributed by atoms with Gasteiger partial charge in [0.25, 0.3) is 0 Å². The number of rotatable bonds is 5. The van der Waals surface area contributed by atoms with E-state index < -0.39 is 11.5 Å². The highest BCUT2D eigenvalue weighted by atomic mass is 35.5. The molecular weight excluding hydrogens is 254 g/mol. The molecule has 1 aromatic carbocycles. The standard InChI is InChI=1S/C13H14ClNO3/c1-15(8-16)13(12(17)18,9-2-3-9)10-4-6-11(14)7-5-10/h4-9H,2-3H2,1H3,(H,17,18). The van der Waals surface area contributed by atoms with Gasteiger partial charge in [-0.1, -0.05) is 23.7 Å². The van der Waals surface area contributed by atoms with Crippen LogP contribution in [0.5, 0.6) is 0 Å². The molecule has 1 aliphatic carbocycles. The van der Waals surface area contributed by atoms with Gasteiger partial charge in [0.1, 0.15) is 0 Å². The van der Waals surface area contributed by atoms with E-state index in [1.54, 1.807) is 24.3 Å². The van der Waals surface area contributed by atoms with Crippen LogP contribution in [0.4, 0.5) is 0 Å². The van der Waals surface area contributed by atoms with Crippen molar-refractivity contribution < 1.29 is 14.7 Å². The monoisotopic (exact) mass is 267 g/mol. The van der Waals surface area contributed by atoms with Crippen LogP contribution in [0.3, 0.4) is 0 Å². The van der Waals surface area contributed by atoms with Crippen LogP contribution in [0, 0.1) is 5.92 Å². The number of halogens is 1. The van der Waals surface area contributed by atoms with Gasteiger partial charge in [-0.25, -0.2) is 4.79 Å². The molecule has 1 amide bonds. The van der Waals surface area contributed by atoms with Crippen molar-refractivity contribution in [2.45, 2.75) is 18.4 Å². The fourth-order valence-corrected chi connectivity index (χ4v) is 2.59. The molecule has 0 aliphatic heterocycles. The summed E-state index contributed by atoms with van der Waals surface area (Å²) in [5, 5.41) is 10.2. The van der Waals surface area contributed by atoms with E-state index in [1.807, 2.05) is 0 Å². The van der Waals surface area contributed by atoms with Gasteiger partial charge in [0, 0.05) is 12.1 Å². The number of amides is 1. The Bertz CT molecular complexity index is 470. The van der Waals surface area contributed by atoms with Crippen LogP contribution in [0.15, 0.2) is 24.3 Å². The Balaban J connectivity index is 2.56. The zero-order valence-electron chi connectivity index (χ0n) is 9.97. The van der Waals surface area contributed by atoms with Gasteiger partial charge in [0.05, 0.1) is 0 Å². The molecule has 96 valence electrons. The van der Waals surface area contributed by atoms with Crippen LogP contribution in [0.1, 0.15) is 18.4 Å². The van der Waals surface area contributed by atoms with E-state index in [4.69, 9.17) is 11.6 Å². The number of benzene rings is 1. The van der Waals surface area contributed by atoms with E-state index in [-0.39, 0.29) is 5.92 Å². The largest absolute Gasteiger partial charge is 0.479 e. The molecule has 0 radical (unpaired) electrons. The quantitative estimate of drug-likeness (QED) is 0.832. The third-order valence-corrected chi connectivity index (χ3v) is 3.74. The number of aliphatic carboxylic acids is 1. The number of carbonyl (C=O) groups is 2. The predicted octanol–water partition coefficient (Wildman–Crippen LogP) is 2.12. The first-order valence-corrected chi connectivity index (χ1v) is 6.09. The highest BCUT2D eigenvalue weighted by molar-refractivity contribution is 6.30. The van der Waals surface area contributed by atoms with Crippen LogP contribution >= 0.6 is 11.6 Å². The van der Waals surface area contributed by atoms with Crippen molar-refractivity contribution in [3.05, 3.63) is 34.9 Å². The maximum atomic E-state index is 11.8. The molecule has 1 fully saturated rings. The summed E-state index contributed by atoms with van der Waals surface area (Å²) in [4.78, 5) is 24.1. The first kappa shape index (κ1) is 12.9. The number of hydrogen-bond acceptors (Lipinski definition) is 2. The van der Waals surface area contributed by atoms with Crippen LogP contribution in [0.2, 0.25) is 5.02 Å². The Morgan fingerprint density at radius 3 is 2.39 bits per heavy atom. The summed E-state index contributed by atoms with van der Waals surface area (Å²) >= 11 is 5.82. The van der Waals surface area contributed by atoms with Crippen LogP contribution in [0.25, 0.3) is 0 Å². The maximum absolute atomic E-state index is 11.8. The molecule has 1 unspecified atom stereocenters. The molecule has 1 atom stereocenters. The van der Waals surface area contributed by atoms with Crippen molar-refractivity contribution in [2.24, 2.45) is 5.92 Å². The Hall–Kier alpha value is -1.55. The predicted molar refractivity (Wildman–Crippen MR) is 67.3 cm³/mol. The molecular formula is C13H14ClNO3. The SMILES string of the molecule is CN(C=O)C(C(=O)O)(c1ccc(Cl)cc1)C1CC1. The molecule has 0 bridgehead atoms. The first-order valence-electron chi connectivity index (χ1n) is 5.71. The van der Waals surface area contributed by atoms with E-state index in [0.717, 1.165) is 12.8 Å². The third-order valence-electron chi connectivity index (χ3n) is 3.49. The molecule has 1 aromatic rings. The van der Waals surface area contributed by atoms with Crippen molar-refractivity contribution >= 4 is 24.0 Å². The van der Waals surface area contributed by atoms with E-state index >= 15 is 0 Å². The minimum Gasteiger partial charge on any atom is -0.479 e. The molecule has 1 aliphatic rings. The molecule has 1 N–H and O–H groups in total. The topological polar surface area (TPSA) is 57.6 Å². The van der Waals surface area contributed by atoms with Gasteiger partial charge in [-0.3, -0.25) is 4.79 Å². The minimum absolute atomic E-state index is 0.0358. The third kappa shape index (κ3) is 1.86. The van der Waals surface area contributed by atoms with E-state index in [0.29, 0.717) is 17.0 Å². The molecule has 2 rings (SSSR count). The Labute approximate surface area is 110 Å². The molecule has 5 heteroatoms. The van der Waals surface area contributed by atoms with Gasteiger partial charge < -0.3 is 10.0 Å². The van der Waals surface area contributed by atoms with Crippen molar-refractivity contribution in [3.63, 3.8) is 0 Å². The Kier molecular flexibility index (Phi) is 3.30. The van der Waals surface area contributed by atoms with E-state index in [1.165, 1.54) is 11.9 Å². The van der Waals surface area contributed by atoms with Gasteiger partial charge >= 0.3 is 5.97 Å². The lowest BCUT2D eigenvalue weighted by atomic mass is 9.83. The van der Waals surface area contributed by atoms with Crippen LogP contribution in [-0.2, 0) is 15.1 Å². The number of likely N-dealkylation sites (N-methyl/N-ethyl adjacent to an activating group) is 1. The van der Waals surface area contributed by atoms with Crippen molar-refractivity contribution in [1.82, 2.24) is 4.90 Å². The van der Waals surface area contributed by atoms with Gasteiger partial charge in [-0.05, 0) is 36.5 Å². The summed E-state index contributed by atoms with van der Waals surface area (Å²) in [7, 11) is 1.51. The average molecular weight is 268 g/mol. The van der Waals surface area contributed by atoms with Crippen molar-refractivity contribution in [2.75, 3.05) is 7.05 Å². The molecule has 0 aromatic heterocycles. The van der Waals surface area contributed by atoms with E-state index in [9.17, 15) is 14.7 Å². The average Bonchev–Trinajstić information content (AvgIpc) is 3.16. The van der Waals surface area contributed by atoms with Gasteiger partial charge in [-0.2, -0.15) is 0 Å². The first-order chi connectivity index (χ1) is 8.53. The van der Waals surface area contributed by atoms with Gasteiger partial charge in [0.2, 0.25) is 6.41 Å². The Morgan fingerprint density at radius 2 is 2.00 bits per heavy atom. The van der Waals surface area contributed by atoms with E-state index in [2.05, 4.69) is 0 Å². The second-order valence-corrected chi connectivity index (χ2v) is 5.01. The molecule has 0 heterocycles. The summed E-state index contributed by atoms with van der Waals surface area (Å²) < 4.78 is 0. The van der Waals surface area contributed by atoms with Crippen molar-refractivity contribution in [3.8, 4) is 0 Å². The molecule has 18 heavy (non-hydrogen) atoms. The number of nitrogens with zero attached hydrogens (tertiary/aromatic N) is 1. The van der Waals surface area contributed by atoms with Gasteiger partial charge in [0.15, 0.2) is 5.54 Å². The zero-order valence-corrected chi connectivity index (χ0v) is 10.7. The van der Waals surface area contributed by atoms with Crippen molar-refractivity contribution in [1.29, 1.82) is 0 Å². The second kappa shape index (κ2) is 4.61. The molecule has 4 nitrogen and oxygen atoms in total. The summed E-state index contributed by atoms with van der Waals surface area (Å²) in [6.07, 6.45) is 2.20. The molecule has 0 spiro atoms. The lowest BCUT2D eigenvalue weighted by molar-refractivity contribution is -0.156. The summed E-state index contributed by atoms with van der Waals surface area (Å²) in [5.41, 5.74) is -0.678. The summed E-state index contributed by atoms with van der Waals surface area (Å²) in [6.45, 7) is 0. The minimum atomic E-state index is -1.27. The number of carboxylic acids is 1. The lowest BCUT2D eigenvalue weighted by Crippen LogP contribution is -2.51. The highest BCUT2D eigenvalue weighted by Gasteiger charge is 2.55. The molecule has 0 saturated heterocycles. The fraction of sp³-hybridized carbons (Fsp3) is 0.385. The molecule has 1 saturated carbocycles. The van der Waals surface area contributed by atoms with Gasteiger partial charge in [-0.15, -0.1) is 0 Å². The zero-order chi connectivity index (χ0) is 13.3. The normalized spacial score (nSPS) is 17.9.